The summed E-state index contributed by atoms with van der Waals surface area (Å²) < 4.78 is 6.93. The van der Waals surface area contributed by atoms with Gasteiger partial charge in [-0.1, -0.05) is 18.1 Å². The summed E-state index contributed by atoms with van der Waals surface area (Å²) in [7, 11) is 1.61. The fourth-order valence-electron chi connectivity index (χ4n) is 2.93. The first-order chi connectivity index (χ1) is 10.8. The molecule has 0 unspecified atom stereocenters. The number of rotatable bonds is 6. The third kappa shape index (κ3) is 4.75. The van der Waals surface area contributed by atoms with Gasteiger partial charge in [0.25, 0.3) is 0 Å². The van der Waals surface area contributed by atoms with Crippen molar-refractivity contribution in [3.8, 4) is 0 Å². The Morgan fingerprint density at radius 3 is 2.83 bits per heavy atom. The van der Waals surface area contributed by atoms with Crippen LogP contribution in [-0.2, 0) is 15.1 Å². The summed E-state index contributed by atoms with van der Waals surface area (Å²) in [6.45, 7) is 5.26. The number of hydrogen-bond acceptors (Lipinski definition) is 5. The van der Waals surface area contributed by atoms with Crippen molar-refractivity contribution in [1.29, 1.82) is 0 Å². The average molecular weight is 324 g/mol. The Balaban J connectivity index is 2.06. The van der Waals surface area contributed by atoms with Crippen molar-refractivity contribution >= 4 is 5.91 Å². The number of methoxy groups -OCH3 is 1. The van der Waals surface area contributed by atoms with Crippen molar-refractivity contribution in [2.24, 2.45) is 0 Å². The molecule has 1 aliphatic rings. The van der Waals surface area contributed by atoms with Crippen LogP contribution in [-0.4, -0.2) is 45.3 Å². The minimum absolute atomic E-state index is 0.000855. The number of nitrogens with zero attached hydrogens (tertiary/aromatic N) is 3. The van der Waals surface area contributed by atoms with E-state index < -0.39 is 5.60 Å². The summed E-state index contributed by atoms with van der Waals surface area (Å²) in [4.78, 5) is 12.1. The van der Waals surface area contributed by atoms with E-state index in [4.69, 9.17) is 4.74 Å². The Bertz CT molecular complexity index is 524. The van der Waals surface area contributed by atoms with E-state index in [1.165, 1.54) is 0 Å². The van der Waals surface area contributed by atoms with Crippen LogP contribution in [0.2, 0.25) is 0 Å². The lowest BCUT2D eigenvalue weighted by atomic mass is 9.90. The molecule has 1 amide bonds. The summed E-state index contributed by atoms with van der Waals surface area (Å²) in [6, 6.07) is 0.116. The highest BCUT2D eigenvalue weighted by atomic mass is 16.5. The minimum atomic E-state index is -1.01. The van der Waals surface area contributed by atoms with Gasteiger partial charge in [0, 0.05) is 7.11 Å². The van der Waals surface area contributed by atoms with Crippen LogP contribution in [0.15, 0.2) is 6.20 Å². The molecule has 0 aromatic carbocycles. The van der Waals surface area contributed by atoms with Crippen molar-refractivity contribution in [1.82, 2.24) is 20.3 Å². The number of amides is 1. The molecule has 23 heavy (non-hydrogen) atoms. The lowest BCUT2D eigenvalue weighted by molar-refractivity contribution is -0.124. The van der Waals surface area contributed by atoms with Gasteiger partial charge in [0.2, 0.25) is 5.91 Å². The fourth-order valence-corrected chi connectivity index (χ4v) is 2.93. The van der Waals surface area contributed by atoms with Gasteiger partial charge in [-0.2, -0.15) is 0 Å². The van der Waals surface area contributed by atoms with Gasteiger partial charge < -0.3 is 15.2 Å². The Morgan fingerprint density at radius 2 is 2.22 bits per heavy atom. The second-order valence-corrected chi connectivity index (χ2v) is 6.92. The summed E-state index contributed by atoms with van der Waals surface area (Å²) in [5, 5.41) is 21.4. The predicted molar refractivity (Wildman–Crippen MR) is 85.8 cm³/mol. The summed E-state index contributed by atoms with van der Waals surface area (Å²) in [5.41, 5.74) is -0.472. The Hall–Kier alpha value is -1.47. The van der Waals surface area contributed by atoms with Crippen LogP contribution in [0, 0.1) is 0 Å². The molecular weight excluding hydrogens is 296 g/mol. The number of ether oxygens (including phenoxy) is 1. The van der Waals surface area contributed by atoms with E-state index in [2.05, 4.69) is 15.6 Å². The molecule has 1 aromatic rings. The fraction of sp³-hybridized carbons (Fsp3) is 0.812. The van der Waals surface area contributed by atoms with Crippen LogP contribution in [0.5, 0.6) is 0 Å². The first kappa shape index (κ1) is 17.9. The van der Waals surface area contributed by atoms with Gasteiger partial charge in [0.05, 0.1) is 30.8 Å². The van der Waals surface area contributed by atoms with Crippen molar-refractivity contribution in [2.75, 3.05) is 7.11 Å². The second kappa shape index (κ2) is 7.40. The van der Waals surface area contributed by atoms with Crippen LogP contribution >= 0.6 is 0 Å². The van der Waals surface area contributed by atoms with Gasteiger partial charge >= 0.3 is 0 Å². The van der Waals surface area contributed by atoms with Crippen LogP contribution in [0.3, 0.4) is 0 Å². The summed E-state index contributed by atoms with van der Waals surface area (Å²) >= 11 is 0. The maximum atomic E-state index is 12.1. The Kier molecular flexibility index (Phi) is 5.75. The van der Waals surface area contributed by atoms with Gasteiger partial charge in [0.1, 0.15) is 11.3 Å². The van der Waals surface area contributed by atoms with Gasteiger partial charge in [-0.15, -0.1) is 5.10 Å². The average Bonchev–Trinajstić information content (AvgIpc) is 2.97. The van der Waals surface area contributed by atoms with Crippen molar-refractivity contribution in [3.63, 3.8) is 0 Å². The number of hydrogen-bond donors (Lipinski definition) is 2. The van der Waals surface area contributed by atoms with Crippen LogP contribution < -0.4 is 5.32 Å². The Labute approximate surface area is 137 Å². The number of aliphatic hydroxyl groups is 1. The molecule has 1 aromatic heterocycles. The van der Waals surface area contributed by atoms with Gasteiger partial charge in [0.15, 0.2) is 0 Å². The quantitative estimate of drug-likeness (QED) is 0.828. The van der Waals surface area contributed by atoms with Crippen LogP contribution in [0.4, 0.5) is 0 Å². The zero-order chi connectivity index (χ0) is 17.0. The summed E-state index contributed by atoms with van der Waals surface area (Å²) in [6.07, 6.45) is 6.11. The van der Waals surface area contributed by atoms with Crippen molar-refractivity contribution < 1.29 is 14.6 Å². The van der Waals surface area contributed by atoms with E-state index in [0.717, 1.165) is 25.7 Å². The molecule has 0 saturated heterocycles. The maximum absolute atomic E-state index is 12.1. The standard InChI is InChI=1S/C16H28N4O3/c1-11(23-4)9-15(21)17-12-7-5-6-8-13(12)20-10-14(18-19-20)16(2,3)22/h10-13,22H,5-9H2,1-4H3,(H,17,21)/t11-,12-,13+/m0/s1. The first-order valence-electron chi connectivity index (χ1n) is 8.28. The first-order valence-corrected chi connectivity index (χ1v) is 8.28. The van der Waals surface area contributed by atoms with E-state index in [0.29, 0.717) is 12.1 Å². The second-order valence-electron chi connectivity index (χ2n) is 6.92. The largest absolute Gasteiger partial charge is 0.384 e. The van der Waals surface area contributed by atoms with E-state index in [-0.39, 0.29) is 24.1 Å². The molecule has 2 rings (SSSR count). The molecule has 7 heteroatoms. The highest BCUT2D eigenvalue weighted by Crippen LogP contribution is 2.29. The molecule has 2 N–H and O–H groups in total. The molecule has 130 valence electrons. The molecule has 1 fully saturated rings. The number of nitrogens with one attached hydrogen (secondary N) is 1. The monoisotopic (exact) mass is 324 g/mol. The highest BCUT2D eigenvalue weighted by Gasteiger charge is 2.30. The van der Waals surface area contributed by atoms with E-state index >= 15 is 0 Å². The molecule has 1 heterocycles. The predicted octanol–water partition coefficient (Wildman–Crippen LogP) is 1.53. The molecule has 0 bridgehead atoms. The van der Waals surface area contributed by atoms with Crippen LogP contribution in [0.1, 0.15) is 64.6 Å². The molecule has 0 aliphatic heterocycles. The number of aromatic nitrogens is 3. The summed E-state index contributed by atoms with van der Waals surface area (Å²) in [5.74, 6) is -0.000855. The van der Waals surface area contributed by atoms with Gasteiger partial charge in [-0.05, 0) is 33.6 Å². The van der Waals surface area contributed by atoms with E-state index in [9.17, 15) is 9.90 Å². The molecule has 0 spiro atoms. The molecule has 7 nitrogen and oxygen atoms in total. The van der Waals surface area contributed by atoms with E-state index in [1.54, 1.807) is 31.8 Å². The topological polar surface area (TPSA) is 89.3 Å². The Morgan fingerprint density at radius 1 is 1.52 bits per heavy atom. The zero-order valence-corrected chi connectivity index (χ0v) is 14.5. The van der Waals surface area contributed by atoms with Crippen molar-refractivity contribution in [2.45, 2.75) is 76.7 Å². The number of carbonyl (C=O) groups is 1. The molecular formula is C16H28N4O3. The zero-order valence-electron chi connectivity index (χ0n) is 14.5. The van der Waals surface area contributed by atoms with Gasteiger partial charge in [-0.3, -0.25) is 4.79 Å². The molecule has 0 radical (unpaired) electrons. The van der Waals surface area contributed by atoms with Gasteiger partial charge in [-0.25, -0.2) is 4.68 Å². The SMILES string of the molecule is CO[C@@H](C)CC(=O)N[C@H]1CCCC[C@H]1n1cc(C(C)(C)O)nn1. The lowest BCUT2D eigenvalue weighted by Crippen LogP contribution is -2.44. The number of carbonyl (C=O) groups excluding carboxylic acids is 1. The third-order valence-corrected chi connectivity index (χ3v) is 4.43. The van der Waals surface area contributed by atoms with Crippen molar-refractivity contribution in [3.05, 3.63) is 11.9 Å². The maximum Gasteiger partial charge on any atom is 0.222 e. The molecule has 1 aliphatic carbocycles. The minimum Gasteiger partial charge on any atom is -0.384 e. The third-order valence-electron chi connectivity index (χ3n) is 4.43. The van der Waals surface area contributed by atoms with Crippen LogP contribution in [0.25, 0.3) is 0 Å². The smallest absolute Gasteiger partial charge is 0.222 e. The van der Waals surface area contributed by atoms with E-state index in [1.807, 2.05) is 6.92 Å². The normalized spacial score (nSPS) is 23.5. The lowest BCUT2D eigenvalue weighted by Gasteiger charge is -2.32. The molecule has 1 saturated carbocycles. The highest BCUT2D eigenvalue weighted by molar-refractivity contribution is 5.76. The molecule has 3 atom stereocenters.